The molecule has 1 saturated heterocycles. The minimum atomic E-state index is -1.29. The van der Waals surface area contributed by atoms with Crippen molar-refractivity contribution < 1.29 is 38.6 Å². The predicted octanol–water partition coefficient (Wildman–Crippen LogP) is 6.62. The van der Waals surface area contributed by atoms with Gasteiger partial charge in [-0.1, -0.05) is 102 Å². The molecule has 2 unspecified atom stereocenters. The summed E-state index contributed by atoms with van der Waals surface area (Å²) < 4.78 is 14.0. The molecule has 2 aromatic carbocycles. The number of benzene rings is 2. The molecule has 0 bridgehead atoms. The van der Waals surface area contributed by atoms with Gasteiger partial charge in [-0.15, -0.1) is 6.58 Å². The molecule has 4 amide bonds. The maximum Gasteiger partial charge on any atom is 0.405 e. The van der Waals surface area contributed by atoms with Crippen LogP contribution in [0.1, 0.15) is 78.2 Å². The highest BCUT2D eigenvalue weighted by molar-refractivity contribution is 5.87. The number of nitrogens with one attached hydrogen (secondary N) is 3. The van der Waals surface area contributed by atoms with E-state index < -0.39 is 41.8 Å². The van der Waals surface area contributed by atoms with Gasteiger partial charge in [-0.25, -0.2) is 14.0 Å². The molecule has 3 atom stereocenters. The number of hydrogen-bond acceptors (Lipinski definition) is 6. The van der Waals surface area contributed by atoms with E-state index in [0.29, 0.717) is 31.5 Å². The third-order valence-electron chi connectivity index (χ3n) is 8.41. The Balaban J connectivity index is 0.000000432. The molecule has 294 valence electrons. The highest BCUT2D eigenvalue weighted by atomic mass is 19.1. The maximum atomic E-state index is 14.0. The summed E-state index contributed by atoms with van der Waals surface area (Å²) in [7, 11) is 3.51. The Morgan fingerprint density at radius 2 is 1.55 bits per heavy atom. The van der Waals surface area contributed by atoms with Gasteiger partial charge in [0, 0.05) is 56.5 Å². The van der Waals surface area contributed by atoms with Gasteiger partial charge in [0.1, 0.15) is 18.4 Å². The lowest BCUT2D eigenvalue weighted by Gasteiger charge is -2.33. The smallest absolute Gasteiger partial charge is 0.405 e. The monoisotopic (exact) mass is 741 g/mol. The first kappa shape index (κ1) is 46.1. The number of carbonyl (C=O) groups excluding carboxylic acids is 3. The molecule has 0 spiro atoms. The highest BCUT2D eigenvalue weighted by Crippen LogP contribution is 2.33. The molecular weight excluding hydrogens is 681 g/mol. The van der Waals surface area contributed by atoms with Gasteiger partial charge in [0.2, 0.25) is 18.2 Å². The van der Waals surface area contributed by atoms with E-state index in [9.17, 15) is 33.5 Å². The van der Waals surface area contributed by atoms with Crippen LogP contribution in [0.2, 0.25) is 0 Å². The zero-order chi connectivity index (χ0) is 39.9. The number of hydrogen-bond donors (Lipinski definition) is 5. The van der Waals surface area contributed by atoms with Gasteiger partial charge in [-0.2, -0.15) is 0 Å². The zero-order valence-corrected chi connectivity index (χ0v) is 32.2. The third kappa shape index (κ3) is 17.4. The van der Waals surface area contributed by atoms with Crippen LogP contribution in [0.25, 0.3) is 11.1 Å². The number of aliphatic carboxylic acids is 1. The molecule has 2 fully saturated rings. The minimum absolute atomic E-state index is 0.140. The van der Waals surface area contributed by atoms with E-state index in [1.165, 1.54) is 49.1 Å². The number of piperidine rings is 1. The lowest BCUT2D eigenvalue weighted by atomic mass is 9.95. The number of carboxylic acid groups (broad SMARTS) is 2. The van der Waals surface area contributed by atoms with Gasteiger partial charge in [-0.05, 0) is 30.4 Å². The van der Waals surface area contributed by atoms with Crippen LogP contribution in [-0.2, 0) is 25.7 Å². The Hall–Kier alpha value is -4.94. The summed E-state index contributed by atoms with van der Waals surface area (Å²) in [5.74, 6) is -2.38. The van der Waals surface area contributed by atoms with Crippen LogP contribution in [0.4, 0.5) is 14.9 Å². The summed E-state index contributed by atoms with van der Waals surface area (Å²) in [6, 6.07) is 11.3. The van der Waals surface area contributed by atoms with Crippen molar-refractivity contribution in [2.75, 3.05) is 39.0 Å². The molecule has 4 rings (SSSR count). The quantitative estimate of drug-likeness (QED) is 0.120. The van der Waals surface area contributed by atoms with Crippen LogP contribution in [0, 0.1) is 23.6 Å². The van der Waals surface area contributed by atoms with E-state index in [1.54, 1.807) is 38.1 Å². The minimum Gasteiger partial charge on any atom is -0.480 e. The fraction of sp³-hybridized carbons (Fsp3) is 0.525. The number of rotatable bonds is 12. The van der Waals surface area contributed by atoms with Crippen molar-refractivity contribution in [2.24, 2.45) is 17.8 Å². The van der Waals surface area contributed by atoms with Gasteiger partial charge in [0.15, 0.2) is 0 Å². The topological polar surface area (TPSA) is 168 Å². The summed E-state index contributed by atoms with van der Waals surface area (Å²) in [5.41, 5.74) is 3.13. The predicted molar refractivity (Wildman–Crippen MR) is 207 cm³/mol. The maximum absolute atomic E-state index is 14.0. The standard InChI is InChI=1S/C16H17FN2O.C15H23N3O6.C5H10.C4H10/c1-18-16-12(10-19(2)11-20)6-5-8-14(16)13-7-3-4-9-15(13)17;1-3-9(2)12(14(21)22)17-13(20)10-5-4-6-18(8-10)11(19)7-16-15(23)24;1-2-4-5-3-1;1-4(2)3/h3-9,11,18H,10H2,1-2H3;3,9-10,12,16H,1,4-8H2,2H3,(H,17,20)(H,21,22)(H,23,24);1-5H2;4H,1-3H3/t;9?,10-,12?;;/m.1../s1. The Kier molecular flexibility index (Phi) is 21.8. The van der Waals surface area contributed by atoms with Gasteiger partial charge >= 0.3 is 12.1 Å². The number of amides is 4. The molecule has 13 heteroatoms. The molecule has 53 heavy (non-hydrogen) atoms. The SMILES string of the molecule is C1CCCC1.C=CC(C)C(NC(=O)[C@@H]1CCCN(C(=O)CNC(=O)O)C1)C(=O)O.CC(C)C.CNc1c(CN(C)C=O)cccc1-c1ccccc1F. The summed E-state index contributed by atoms with van der Waals surface area (Å²) >= 11 is 0. The van der Waals surface area contributed by atoms with Crippen LogP contribution < -0.4 is 16.0 Å². The van der Waals surface area contributed by atoms with Crippen molar-refractivity contribution in [3.05, 3.63) is 66.5 Å². The van der Waals surface area contributed by atoms with Crippen molar-refractivity contribution >= 4 is 36.0 Å². The first-order chi connectivity index (χ1) is 25.2. The van der Waals surface area contributed by atoms with E-state index in [1.807, 2.05) is 29.6 Å². The van der Waals surface area contributed by atoms with Crippen molar-refractivity contribution in [3.8, 4) is 11.1 Å². The third-order valence-corrected chi connectivity index (χ3v) is 8.41. The van der Waals surface area contributed by atoms with Gasteiger partial charge in [0.05, 0.1) is 5.92 Å². The van der Waals surface area contributed by atoms with Crippen molar-refractivity contribution in [2.45, 2.75) is 85.2 Å². The molecular formula is C40H60FN5O7. The lowest BCUT2D eigenvalue weighted by Crippen LogP contribution is -2.52. The molecule has 2 aromatic rings. The van der Waals surface area contributed by atoms with Gasteiger partial charge in [0.25, 0.3) is 0 Å². The fourth-order valence-electron chi connectivity index (χ4n) is 5.63. The van der Waals surface area contributed by atoms with E-state index in [2.05, 4.69) is 38.0 Å². The normalized spacial score (nSPS) is 15.7. The van der Waals surface area contributed by atoms with Crippen molar-refractivity contribution in [1.82, 2.24) is 20.4 Å². The number of anilines is 1. The molecule has 0 aromatic heterocycles. The van der Waals surface area contributed by atoms with E-state index in [0.717, 1.165) is 29.1 Å². The average Bonchev–Trinajstić information content (AvgIpc) is 3.73. The van der Waals surface area contributed by atoms with Crippen LogP contribution >= 0.6 is 0 Å². The summed E-state index contributed by atoms with van der Waals surface area (Å²) in [6.07, 6.45) is 9.56. The second-order valence-electron chi connectivity index (χ2n) is 13.8. The molecule has 1 heterocycles. The second kappa shape index (κ2) is 25.1. The number of halogens is 1. The molecule has 5 N–H and O–H groups in total. The van der Waals surface area contributed by atoms with Gasteiger partial charge in [-0.3, -0.25) is 14.4 Å². The highest BCUT2D eigenvalue weighted by Gasteiger charge is 2.32. The Morgan fingerprint density at radius 1 is 0.962 bits per heavy atom. The Labute approximate surface area is 314 Å². The fourth-order valence-corrected chi connectivity index (χ4v) is 5.63. The number of carbonyl (C=O) groups is 5. The molecule has 1 saturated carbocycles. The van der Waals surface area contributed by atoms with E-state index in [-0.39, 0.29) is 18.9 Å². The Morgan fingerprint density at radius 3 is 2.06 bits per heavy atom. The van der Waals surface area contributed by atoms with Crippen LogP contribution in [-0.4, -0.2) is 90.1 Å². The molecule has 2 aliphatic rings. The summed E-state index contributed by atoms with van der Waals surface area (Å²) in [6.45, 7) is 12.4. The van der Waals surface area contributed by atoms with Crippen molar-refractivity contribution in [1.29, 1.82) is 0 Å². The van der Waals surface area contributed by atoms with Crippen LogP contribution in [0.3, 0.4) is 0 Å². The molecule has 1 aliphatic carbocycles. The Bertz CT molecular complexity index is 1460. The number of likely N-dealkylation sites (tertiary alicyclic amines) is 1. The molecule has 12 nitrogen and oxygen atoms in total. The van der Waals surface area contributed by atoms with E-state index in [4.69, 9.17) is 5.11 Å². The second-order valence-corrected chi connectivity index (χ2v) is 13.8. The largest absolute Gasteiger partial charge is 0.480 e. The lowest BCUT2D eigenvalue weighted by molar-refractivity contribution is -0.144. The zero-order valence-electron chi connectivity index (χ0n) is 32.2. The van der Waals surface area contributed by atoms with Crippen LogP contribution in [0.5, 0.6) is 0 Å². The van der Waals surface area contributed by atoms with E-state index >= 15 is 0 Å². The number of nitrogens with zero attached hydrogens (tertiary/aromatic N) is 2. The average molecular weight is 742 g/mol. The number of para-hydroxylation sites is 1. The van der Waals surface area contributed by atoms with Crippen LogP contribution in [0.15, 0.2) is 55.1 Å². The molecule has 1 aliphatic heterocycles. The first-order valence-corrected chi connectivity index (χ1v) is 18.3. The summed E-state index contributed by atoms with van der Waals surface area (Å²) in [4.78, 5) is 59.6. The first-order valence-electron chi connectivity index (χ1n) is 18.3. The summed E-state index contributed by atoms with van der Waals surface area (Å²) in [5, 5.41) is 25.3. The molecule has 0 radical (unpaired) electrons. The number of carboxylic acids is 1. The van der Waals surface area contributed by atoms with Gasteiger partial charge < -0.3 is 36.0 Å². The van der Waals surface area contributed by atoms with Crippen molar-refractivity contribution in [3.63, 3.8) is 0 Å².